The molecule has 0 aliphatic rings. The molecule has 0 unspecified atom stereocenters. The Hall–Kier alpha value is -4.25. The fourth-order valence-electron chi connectivity index (χ4n) is 3.36. The van der Waals surface area contributed by atoms with Crippen molar-refractivity contribution in [3.63, 3.8) is 0 Å². The molecule has 11 heteroatoms. The first-order chi connectivity index (χ1) is 17.2. The first-order valence-corrected chi connectivity index (χ1v) is 11.1. The molecule has 7 nitrogen and oxygen atoms in total. The van der Waals surface area contributed by atoms with Crippen LogP contribution in [0.3, 0.4) is 0 Å². The largest absolute Gasteiger partial charge is 0.573 e. The molecule has 1 heterocycles. The third-order valence-electron chi connectivity index (χ3n) is 5.09. The van der Waals surface area contributed by atoms with E-state index in [1.165, 1.54) is 35.3 Å². The highest BCUT2D eigenvalue weighted by Gasteiger charge is 2.31. The molecular formula is C25H21F3N6OS. The number of para-hydroxylation sites is 1. The first-order valence-electron chi connectivity index (χ1n) is 10.7. The van der Waals surface area contributed by atoms with E-state index >= 15 is 0 Å². The van der Waals surface area contributed by atoms with Crippen LogP contribution in [0.5, 0.6) is 5.75 Å². The van der Waals surface area contributed by atoms with Gasteiger partial charge < -0.3 is 10.1 Å². The number of thiocarbonyl (C=S) groups is 1. The molecule has 0 amide bonds. The summed E-state index contributed by atoms with van der Waals surface area (Å²) in [4.78, 5) is 4.28. The van der Waals surface area contributed by atoms with E-state index in [2.05, 4.69) is 30.7 Å². The van der Waals surface area contributed by atoms with Crippen molar-refractivity contribution in [3.05, 3.63) is 89.7 Å². The molecule has 1 aromatic heterocycles. The molecule has 0 radical (unpaired) electrons. The van der Waals surface area contributed by atoms with Crippen LogP contribution in [-0.4, -0.2) is 32.5 Å². The quantitative estimate of drug-likeness (QED) is 0.195. The van der Waals surface area contributed by atoms with Gasteiger partial charge in [0, 0.05) is 11.3 Å². The summed E-state index contributed by atoms with van der Waals surface area (Å²) in [6.07, 6.45) is -1.62. The molecule has 0 bridgehead atoms. The summed E-state index contributed by atoms with van der Waals surface area (Å²) in [5.41, 5.74) is 8.08. The molecular weight excluding hydrogens is 489 g/mol. The lowest BCUT2D eigenvalue weighted by molar-refractivity contribution is -0.274. The number of aromatic nitrogens is 3. The van der Waals surface area contributed by atoms with Crippen LogP contribution in [0.2, 0.25) is 0 Å². The Bertz CT molecular complexity index is 1360. The molecule has 4 aromatic rings. The summed E-state index contributed by atoms with van der Waals surface area (Å²) >= 11 is 5.32. The molecule has 0 fully saturated rings. The second kappa shape index (κ2) is 10.6. The fraction of sp³-hybridized carbons (Fsp3) is 0.120. The van der Waals surface area contributed by atoms with Gasteiger partial charge in [0.15, 0.2) is 10.9 Å². The number of nitrogens with one attached hydrogen (secondary N) is 2. The predicted octanol–water partition coefficient (Wildman–Crippen LogP) is 5.77. The zero-order valence-corrected chi connectivity index (χ0v) is 20.1. The number of hydrogen-bond acceptors (Lipinski definition) is 5. The van der Waals surface area contributed by atoms with Crippen LogP contribution < -0.4 is 15.5 Å². The number of hydrogen-bond donors (Lipinski definition) is 2. The second-order valence-electron chi connectivity index (χ2n) is 7.77. The van der Waals surface area contributed by atoms with Crippen molar-refractivity contribution in [2.24, 2.45) is 5.10 Å². The number of anilines is 1. The summed E-state index contributed by atoms with van der Waals surface area (Å²) < 4.78 is 42.3. The van der Waals surface area contributed by atoms with E-state index in [1.807, 2.05) is 56.3 Å². The summed E-state index contributed by atoms with van der Waals surface area (Å²) in [6, 6.07) is 18.8. The van der Waals surface area contributed by atoms with Crippen molar-refractivity contribution in [1.29, 1.82) is 0 Å². The Morgan fingerprint density at radius 1 is 1.00 bits per heavy atom. The number of halogens is 3. The number of alkyl halides is 3. The van der Waals surface area contributed by atoms with Crippen LogP contribution in [0.1, 0.15) is 16.7 Å². The minimum Gasteiger partial charge on any atom is -0.406 e. The van der Waals surface area contributed by atoms with Crippen molar-refractivity contribution in [2.45, 2.75) is 20.2 Å². The minimum atomic E-state index is -4.74. The van der Waals surface area contributed by atoms with Crippen molar-refractivity contribution in [1.82, 2.24) is 20.2 Å². The highest BCUT2D eigenvalue weighted by atomic mass is 32.1. The Kier molecular flexibility index (Phi) is 7.30. The molecule has 0 saturated carbocycles. The molecule has 2 N–H and O–H groups in total. The van der Waals surface area contributed by atoms with Gasteiger partial charge in [-0.2, -0.15) is 5.10 Å². The van der Waals surface area contributed by atoms with E-state index in [4.69, 9.17) is 12.2 Å². The van der Waals surface area contributed by atoms with E-state index in [0.29, 0.717) is 16.6 Å². The number of ether oxygens (including phenoxy) is 1. The molecule has 3 aromatic carbocycles. The molecule has 36 heavy (non-hydrogen) atoms. The second-order valence-corrected chi connectivity index (χ2v) is 8.18. The maximum atomic E-state index is 12.3. The van der Waals surface area contributed by atoms with E-state index in [1.54, 1.807) is 6.21 Å². The monoisotopic (exact) mass is 510 g/mol. The Balaban J connectivity index is 1.36. The lowest BCUT2D eigenvalue weighted by atomic mass is 10.1. The maximum Gasteiger partial charge on any atom is 0.573 e. The Labute approximate surface area is 210 Å². The molecule has 0 aliphatic carbocycles. The van der Waals surface area contributed by atoms with Crippen LogP contribution in [0.4, 0.5) is 18.9 Å². The third kappa shape index (κ3) is 6.45. The number of benzene rings is 3. The smallest absolute Gasteiger partial charge is 0.406 e. The van der Waals surface area contributed by atoms with E-state index in [0.717, 1.165) is 27.9 Å². The van der Waals surface area contributed by atoms with Crippen molar-refractivity contribution < 1.29 is 17.9 Å². The van der Waals surface area contributed by atoms with Crippen LogP contribution in [0.15, 0.2) is 78.2 Å². The van der Waals surface area contributed by atoms with Gasteiger partial charge >= 0.3 is 6.36 Å². The summed E-state index contributed by atoms with van der Waals surface area (Å²) in [5.74, 6) is 0.159. The lowest BCUT2D eigenvalue weighted by Gasteiger charge is -2.12. The highest BCUT2D eigenvalue weighted by Crippen LogP contribution is 2.24. The average Bonchev–Trinajstić information content (AvgIpc) is 3.32. The standard InChI is InChI=1S/C25H21F3N6OS/c1-16-4-3-5-17(2)22(16)31-24(36)32-30-14-18-6-8-19(9-7-18)23-29-15-34(33-23)20-10-12-21(13-11-20)35-25(26,27)28/h3-15H,1-2H3,(H2,31,32,36)/b30-14+. The van der Waals surface area contributed by atoms with Gasteiger partial charge in [-0.1, -0.05) is 42.5 Å². The number of nitrogens with zero attached hydrogens (tertiary/aromatic N) is 4. The van der Waals surface area contributed by atoms with Crippen LogP contribution >= 0.6 is 12.2 Å². The number of aryl methyl sites for hydroxylation is 2. The molecule has 4 rings (SSSR count). The average molecular weight is 511 g/mol. The molecule has 0 saturated heterocycles. The SMILES string of the molecule is Cc1cccc(C)c1NC(=S)N/N=C/c1ccc(-c2ncn(-c3ccc(OC(F)(F)F)cc3)n2)cc1. The van der Waals surface area contributed by atoms with Crippen LogP contribution in [-0.2, 0) is 0 Å². The van der Waals surface area contributed by atoms with Crippen LogP contribution in [0, 0.1) is 13.8 Å². The first kappa shape index (κ1) is 24.9. The van der Waals surface area contributed by atoms with Gasteiger partial charge in [-0.25, -0.2) is 9.67 Å². The maximum absolute atomic E-state index is 12.3. The Morgan fingerprint density at radius 2 is 1.67 bits per heavy atom. The zero-order chi connectivity index (χ0) is 25.7. The summed E-state index contributed by atoms with van der Waals surface area (Å²) in [6.45, 7) is 4.01. The third-order valence-corrected chi connectivity index (χ3v) is 5.29. The van der Waals surface area contributed by atoms with Gasteiger partial charge in [0.25, 0.3) is 0 Å². The van der Waals surface area contributed by atoms with E-state index in [-0.39, 0.29) is 5.75 Å². The topological polar surface area (TPSA) is 76.4 Å². The number of hydrazone groups is 1. The van der Waals surface area contributed by atoms with Crippen molar-refractivity contribution in [3.8, 4) is 22.8 Å². The van der Waals surface area contributed by atoms with Gasteiger partial charge in [-0.05, 0) is 67.0 Å². The van der Waals surface area contributed by atoms with Gasteiger partial charge in [0.1, 0.15) is 12.1 Å². The van der Waals surface area contributed by atoms with Crippen molar-refractivity contribution >= 4 is 29.2 Å². The molecule has 0 aliphatic heterocycles. The van der Waals surface area contributed by atoms with Gasteiger partial charge in [-0.3, -0.25) is 5.43 Å². The lowest BCUT2D eigenvalue weighted by Crippen LogP contribution is -2.24. The van der Waals surface area contributed by atoms with Crippen molar-refractivity contribution in [2.75, 3.05) is 5.32 Å². The Morgan fingerprint density at radius 3 is 2.31 bits per heavy atom. The zero-order valence-electron chi connectivity index (χ0n) is 19.2. The normalized spacial score (nSPS) is 11.5. The molecule has 0 atom stereocenters. The summed E-state index contributed by atoms with van der Waals surface area (Å²) in [7, 11) is 0. The van der Waals surface area contributed by atoms with Gasteiger partial charge in [-0.15, -0.1) is 18.3 Å². The van der Waals surface area contributed by atoms with Gasteiger partial charge in [0.05, 0.1) is 11.9 Å². The van der Waals surface area contributed by atoms with E-state index < -0.39 is 6.36 Å². The predicted molar refractivity (Wildman–Crippen MR) is 136 cm³/mol. The number of rotatable bonds is 6. The minimum absolute atomic E-state index is 0.305. The molecule has 0 spiro atoms. The van der Waals surface area contributed by atoms with Crippen LogP contribution in [0.25, 0.3) is 17.1 Å². The highest BCUT2D eigenvalue weighted by molar-refractivity contribution is 7.80. The van der Waals surface area contributed by atoms with Gasteiger partial charge in [0.2, 0.25) is 0 Å². The van der Waals surface area contributed by atoms with E-state index in [9.17, 15) is 13.2 Å². The molecule has 184 valence electrons. The summed E-state index contributed by atoms with van der Waals surface area (Å²) in [5, 5.41) is 12.1. The fourth-order valence-corrected chi connectivity index (χ4v) is 3.51.